The van der Waals surface area contributed by atoms with Gasteiger partial charge in [-0.25, -0.2) is 4.68 Å². The third kappa shape index (κ3) is 4.15. The molecule has 2 aromatic heterocycles. The first-order valence-electron chi connectivity index (χ1n) is 9.20. The fourth-order valence-corrected chi connectivity index (χ4v) is 2.92. The second kappa shape index (κ2) is 8.85. The molecule has 0 spiro atoms. The molecular formula is C19H26N6O3. The summed E-state index contributed by atoms with van der Waals surface area (Å²) in [6.07, 6.45) is 1.74. The van der Waals surface area contributed by atoms with Crippen molar-refractivity contribution in [2.24, 2.45) is 0 Å². The number of nitrogens with one attached hydrogen (secondary N) is 1. The summed E-state index contributed by atoms with van der Waals surface area (Å²) in [5.41, 5.74) is 1.50. The lowest BCUT2D eigenvalue weighted by Crippen LogP contribution is -2.31. The predicted octanol–water partition coefficient (Wildman–Crippen LogP) is 1.95. The Morgan fingerprint density at radius 1 is 1.18 bits per heavy atom. The van der Waals surface area contributed by atoms with Crippen LogP contribution in [0.25, 0.3) is 11.0 Å². The Hall–Kier alpha value is -2.91. The highest BCUT2D eigenvalue weighted by Crippen LogP contribution is 2.29. The number of hydrogen-bond acceptors (Lipinski definition) is 8. The van der Waals surface area contributed by atoms with Gasteiger partial charge in [-0.15, -0.1) is 0 Å². The Kier molecular flexibility index (Phi) is 6.27. The van der Waals surface area contributed by atoms with Crippen molar-refractivity contribution in [3.63, 3.8) is 0 Å². The van der Waals surface area contributed by atoms with Crippen molar-refractivity contribution in [1.29, 1.82) is 0 Å². The molecule has 0 bridgehead atoms. The number of fused-ring (bicyclic) bond motifs is 1. The maximum absolute atomic E-state index is 9.38. The SMILES string of the molecule is COc1cccc(Nc2nc(N(CCO)CCO)nc3c2cnn3C(C)C)c1. The molecule has 1 aromatic carbocycles. The number of hydrogen-bond donors (Lipinski definition) is 3. The monoisotopic (exact) mass is 386 g/mol. The molecule has 0 unspecified atom stereocenters. The van der Waals surface area contributed by atoms with Crippen LogP contribution in [0.3, 0.4) is 0 Å². The predicted molar refractivity (Wildman–Crippen MR) is 108 cm³/mol. The van der Waals surface area contributed by atoms with Crippen LogP contribution in [0.2, 0.25) is 0 Å². The van der Waals surface area contributed by atoms with Gasteiger partial charge in [0.05, 0.1) is 31.9 Å². The van der Waals surface area contributed by atoms with Crippen LogP contribution in [0.15, 0.2) is 30.5 Å². The molecule has 9 nitrogen and oxygen atoms in total. The molecular weight excluding hydrogens is 360 g/mol. The number of aliphatic hydroxyl groups excluding tert-OH is 2. The first-order valence-corrected chi connectivity index (χ1v) is 9.20. The molecule has 0 atom stereocenters. The van der Waals surface area contributed by atoms with Gasteiger partial charge in [-0.2, -0.15) is 15.1 Å². The molecule has 3 rings (SSSR count). The number of anilines is 3. The van der Waals surface area contributed by atoms with Crippen molar-refractivity contribution in [2.45, 2.75) is 19.9 Å². The Bertz CT molecular complexity index is 921. The van der Waals surface area contributed by atoms with Gasteiger partial charge < -0.3 is 25.2 Å². The van der Waals surface area contributed by atoms with Crippen molar-refractivity contribution < 1.29 is 14.9 Å². The number of aromatic nitrogens is 4. The fraction of sp³-hybridized carbons (Fsp3) is 0.421. The summed E-state index contributed by atoms with van der Waals surface area (Å²) in [4.78, 5) is 11.1. The average molecular weight is 386 g/mol. The zero-order valence-electron chi connectivity index (χ0n) is 16.3. The van der Waals surface area contributed by atoms with Crippen molar-refractivity contribution in [2.75, 3.05) is 43.6 Å². The van der Waals surface area contributed by atoms with Crippen LogP contribution >= 0.6 is 0 Å². The molecule has 0 radical (unpaired) electrons. The number of aliphatic hydroxyl groups is 2. The van der Waals surface area contributed by atoms with E-state index in [1.165, 1.54) is 0 Å². The molecule has 9 heteroatoms. The van der Waals surface area contributed by atoms with Gasteiger partial charge in [0.15, 0.2) is 5.65 Å². The third-order valence-electron chi connectivity index (χ3n) is 4.29. The lowest BCUT2D eigenvalue weighted by atomic mass is 10.3. The zero-order chi connectivity index (χ0) is 20.1. The molecule has 0 fully saturated rings. The normalized spacial score (nSPS) is 11.2. The van der Waals surface area contributed by atoms with Crippen LogP contribution in [0.4, 0.5) is 17.5 Å². The highest BCUT2D eigenvalue weighted by molar-refractivity contribution is 5.89. The van der Waals surface area contributed by atoms with Gasteiger partial charge in [-0.3, -0.25) is 0 Å². The van der Waals surface area contributed by atoms with E-state index in [9.17, 15) is 10.2 Å². The molecule has 0 saturated heterocycles. The minimum absolute atomic E-state index is 0.0660. The van der Waals surface area contributed by atoms with Crippen LogP contribution in [-0.4, -0.2) is 63.4 Å². The number of rotatable bonds is 9. The average Bonchev–Trinajstić information content (AvgIpc) is 3.12. The molecule has 0 aliphatic rings. The standard InChI is InChI=1S/C19H26N6O3/c1-13(2)25-18-16(12-20-25)17(21-14-5-4-6-15(11-14)28-3)22-19(23-18)24(7-9-26)8-10-27/h4-6,11-13,26-27H,7-10H2,1-3H3,(H,21,22,23). The van der Waals surface area contributed by atoms with Crippen LogP contribution in [-0.2, 0) is 0 Å². The van der Waals surface area contributed by atoms with E-state index >= 15 is 0 Å². The summed E-state index contributed by atoms with van der Waals surface area (Å²) in [5.74, 6) is 1.75. The molecule has 0 amide bonds. The van der Waals surface area contributed by atoms with Gasteiger partial charge in [0, 0.05) is 30.9 Å². The van der Waals surface area contributed by atoms with E-state index in [1.54, 1.807) is 18.2 Å². The molecule has 2 heterocycles. The highest BCUT2D eigenvalue weighted by Gasteiger charge is 2.18. The maximum Gasteiger partial charge on any atom is 0.229 e. The van der Waals surface area contributed by atoms with Gasteiger partial charge in [-0.05, 0) is 26.0 Å². The van der Waals surface area contributed by atoms with Gasteiger partial charge in [0.1, 0.15) is 11.6 Å². The number of methoxy groups -OCH3 is 1. The summed E-state index contributed by atoms with van der Waals surface area (Å²) in [6, 6.07) is 7.67. The molecule has 150 valence electrons. The topological polar surface area (TPSA) is 109 Å². The molecule has 28 heavy (non-hydrogen) atoms. The third-order valence-corrected chi connectivity index (χ3v) is 4.29. The maximum atomic E-state index is 9.38. The van der Waals surface area contributed by atoms with E-state index in [0.29, 0.717) is 30.5 Å². The number of nitrogens with zero attached hydrogens (tertiary/aromatic N) is 5. The van der Waals surface area contributed by atoms with Gasteiger partial charge in [0.2, 0.25) is 5.95 Å². The lowest BCUT2D eigenvalue weighted by Gasteiger charge is -2.22. The summed E-state index contributed by atoms with van der Waals surface area (Å²) in [7, 11) is 1.62. The van der Waals surface area contributed by atoms with Crippen LogP contribution < -0.4 is 15.0 Å². The fourth-order valence-electron chi connectivity index (χ4n) is 2.92. The molecule has 3 aromatic rings. The van der Waals surface area contributed by atoms with E-state index in [4.69, 9.17) is 4.74 Å². The molecule has 0 aliphatic carbocycles. The van der Waals surface area contributed by atoms with Crippen LogP contribution in [0, 0.1) is 0 Å². The number of benzene rings is 1. The minimum atomic E-state index is -0.0660. The van der Waals surface area contributed by atoms with Crippen molar-refractivity contribution in [3.8, 4) is 5.75 Å². The van der Waals surface area contributed by atoms with E-state index in [1.807, 2.05) is 42.8 Å². The Morgan fingerprint density at radius 3 is 2.57 bits per heavy atom. The quantitative estimate of drug-likeness (QED) is 0.512. The molecule has 3 N–H and O–H groups in total. The first kappa shape index (κ1) is 19.8. The summed E-state index contributed by atoms with van der Waals surface area (Å²) < 4.78 is 7.12. The summed E-state index contributed by atoms with van der Waals surface area (Å²) >= 11 is 0. The largest absolute Gasteiger partial charge is 0.497 e. The smallest absolute Gasteiger partial charge is 0.229 e. The Labute approximate surface area is 163 Å². The van der Waals surface area contributed by atoms with Crippen LogP contribution in [0.1, 0.15) is 19.9 Å². The highest BCUT2D eigenvalue weighted by atomic mass is 16.5. The van der Waals surface area contributed by atoms with Crippen molar-refractivity contribution in [1.82, 2.24) is 19.7 Å². The van der Waals surface area contributed by atoms with Crippen molar-refractivity contribution >= 4 is 28.5 Å². The van der Waals surface area contributed by atoms with E-state index in [2.05, 4.69) is 20.4 Å². The van der Waals surface area contributed by atoms with Gasteiger partial charge >= 0.3 is 0 Å². The van der Waals surface area contributed by atoms with Gasteiger partial charge in [0.25, 0.3) is 0 Å². The first-order chi connectivity index (χ1) is 13.6. The second-order valence-electron chi connectivity index (χ2n) is 6.58. The van der Waals surface area contributed by atoms with E-state index in [-0.39, 0.29) is 19.3 Å². The van der Waals surface area contributed by atoms with E-state index in [0.717, 1.165) is 16.8 Å². The zero-order valence-corrected chi connectivity index (χ0v) is 16.3. The lowest BCUT2D eigenvalue weighted by molar-refractivity contribution is 0.280. The minimum Gasteiger partial charge on any atom is -0.497 e. The second-order valence-corrected chi connectivity index (χ2v) is 6.58. The van der Waals surface area contributed by atoms with Gasteiger partial charge in [-0.1, -0.05) is 6.07 Å². The Morgan fingerprint density at radius 2 is 1.93 bits per heavy atom. The van der Waals surface area contributed by atoms with Crippen LogP contribution in [0.5, 0.6) is 5.75 Å². The number of ether oxygens (including phenoxy) is 1. The molecule has 0 aliphatic heterocycles. The summed E-state index contributed by atoms with van der Waals surface area (Å²) in [6.45, 7) is 4.57. The Balaban J connectivity index is 2.10. The summed E-state index contributed by atoms with van der Waals surface area (Å²) in [5, 5.41) is 27.3. The molecule has 0 saturated carbocycles. The van der Waals surface area contributed by atoms with Crippen molar-refractivity contribution in [3.05, 3.63) is 30.5 Å². The van der Waals surface area contributed by atoms with E-state index < -0.39 is 0 Å².